The van der Waals surface area contributed by atoms with Crippen molar-refractivity contribution < 1.29 is 4.39 Å². The highest BCUT2D eigenvalue weighted by molar-refractivity contribution is 6.30. The summed E-state index contributed by atoms with van der Waals surface area (Å²) in [5, 5.41) is 0.189. The fourth-order valence-electron chi connectivity index (χ4n) is 2.53. The largest absolute Gasteiger partial charge is 0.328 e. The molecule has 0 amide bonds. The van der Waals surface area contributed by atoms with Crippen molar-refractivity contribution in [3.8, 4) is 0 Å². The lowest BCUT2D eigenvalue weighted by Crippen LogP contribution is -2.39. The Morgan fingerprint density at radius 1 is 1.42 bits per heavy atom. The third kappa shape index (κ3) is 4.60. The lowest BCUT2D eigenvalue weighted by atomic mass is 9.91. The molecule has 0 aliphatic carbocycles. The topological polar surface area (TPSA) is 29.3 Å². The Balaban J connectivity index is 0.00000180. The molecule has 1 unspecified atom stereocenters. The summed E-state index contributed by atoms with van der Waals surface area (Å²) in [6.07, 6.45) is 2.27. The van der Waals surface area contributed by atoms with Crippen LogP contribution in [0.25, 0.3) is 0 Å². The predicted molar refractivity (Wildman–Crippen MR) is 80.3 cm³/mol. The molecule has 108 valence electrons. The van der Waals surface area contributed by atoms with E-state index in [1.807, 2.05) is 6.07 Å². The maximum atomic E-state index is 13.3. The van der Waals surface area contributed by atoms with Gasteiger partial charge in [-0.05, 0) is 56.5 Å². The first-order valence-corrected chi connectivity index (χ1v) is 6.86. The molecule has 2 N–H and O–H groups in total. The molecule has 2 rings (SSSR count). The SMILES string of the molecule is CC(N)C1CCN(Cc2ccc(Cl)c(F)c2)CC1.Cl. The summed E-state index contributed by atoms with van der Waals surface area (Å²) in [7, 11) is 0. The number of nitrogens with zero attached hydrogens (tertiary/aromatic N) is 1. The minimum Gasteiger partial charge on any atom is -0.328 e. The normalized spacial score (nSPS) is 18.9. The molecule has 0 spiro atoms. The van der Waals surface area contributed by atoms with Gasteiger partial charge in [0.2, 0.25) is 0 Å². The van der Waals surface area contributed by atoms with Crippen molar-refractivity contribution >= 4 is 24.0 Å². The first-order chi connectivity index (χ1) is 8.56. The first kappa shape index (κ1) is 16.7. The van der Waals surface area contributed by atoms with Crippen LogP contribution in [0.2, 0.25) is 5.02 Å². The van der Waals surface area contributed by atoms with Gasteiger partial charge in [0.25, 0.3) is 0 Å². The van der Waals surface area contributed by atoms with Crippen molar-refractivity contribution in [1.82, 2.24) is 4.90 Å². The Morgan fingerprint density at radius 3 is 2.58 bits per heavy atom. The van der Waals surface area contributed by atoms with Gasteiger partial charge in [-0.15, -0.1) is 12.4 Å². The lowest BCUT2D eigenvalue weighted by Gasteiger charge is -2.33. The lowest BCUT2D eigenvalue weighted by molar-refractivity contribution is 0.165. The Kier molecular flexibility index (Phi) is 6.54. The van der Waals surface area contributed by atoms with Crippen molar-refractivity contribution in [3.63, 3.8) is 0 Å². The second-order valence-electron chi connectivity index (χ2n) is 5.22. The summed E-state index contributed by atoms with van der Waals surface area (Å²) in [6, 6.07) is 5.32. The molecule has 5 heteroatoms. The van der Waals surface area contributed by atoms with Crippen LogP contribution in [0, 0.1) is 11.7 Å². The van der Waals surface area contributed by atoms with Gasteiger partial charge in [0.15, 0.2) is 0 Å². The number of piperidine rings is 1. The van der Waals surface area contributed by atoms with Gasteiger partial charge in [-0.25, -0.2) is 4.39 Å². The van der Waals surface area contributed by atoms with Gasteiger partial charge in [0.1, 0.15) is 5.82 Å². The molecule has 0 saturated carbocycles. The van der Waals surface area contributed by atoms with E-state index in [2.05, 4.69) is 11.8 Å². The average molecular weight is 307 g/mol. The molecule has 0 bridgehead atoms. The van der Waals surface area contributed by atoms with Crippen molar-refractivity contribution in [1.29, 1.82) is 0 Å². The number of hydrogen-bond donors (Lipinski definition) is 1. The minimum absolute atomic E-state index is 0. The molecule has 0 aromatic heterocycles. The zero-order valence-electron chi connectivity index (χ0n) is 11.1. The van der Waals surface area contributed by atoms with Gasteiger partial charge in [-0.3, -0.25) is 4.90 Å². The highest BCUT2D eigenvalue weighted by Crippen LogP contribution is 2.22. The van der Waals surface area contributed by atoms with E-state index in [9.17, 15) is 4.39 Å². The molecule has 2 nitrogen and oxygen atoms in total. The second kappa shape index (κ2) is 7.44. The van der Waals surface area contributed by atoms with Gasteiger partial charge >= 0.3 is 0 Å². The molecule has 19 heavy (non-hydrogen) atoms. The quantitative estimate of drug-likeness (QED) is 0.926. The van der Waals surface area contributed by atoms with Crippen LogP contribution >= 0.6 is 24.0 Å². The van der Waals surface area contributed by atoms with Crippen LogP contribution in [0.3, 0.4) is 0 Å². The molecule has 1 aliphatic heterocycles. The van der Waals surface area contributed by atoms with Crippen molar-refractivity contribution in [2.75, 3.05) is 13.1 Å². The van der Waals surface area contributed by atoms with E-state index in [1.165, 1.54) is 6.07 Å². The molecule has 1 saturated heterocycles. The molecule has 0 radical (unpaired) electrons. The molecule has 1 heterocycles. The minimum atomic E-state index is -0.334. The van der Waals surface area contributed by atoms with E-state index < -0.39 is 0 Å². The molecule has 1 aromatic carbocycles. The maximum absolute atomic E-state index is 13.3. The smallest absolute Gasteiger partial charge is 0.142 e. The molecular weight excluding hydrogens is 286 g/mol. The van der Waals surface area contributed by atoms with Crippen molar-refractivity contribution in [2.24, 2.45) is 11.7 Å². The van der Waals surface area contributed by atoms with Crippen LogP contribution in [0.15, 0.2) is 18.2 Å². The first-order valence-electron chi connectivity index (χ1n) is 6.48. The van der Waals surface area contributed by atoms with Crippen molar-refractivity contribution in [3.05, 3.63) is 34.6 Å². The fraction of sp³-hybridized carbons (Fsp3) is 0.571. The third-order valence-corrected chi connectivity index (χ3v) is 4.07. The Hall–Kier alpha value is -0.350. The predicted octanol–water partition coefficient (Wildman–Crippen LogP) is 3.46. The van der Waals surface area contributed by atoms with Crippen LogP contribution in [0.5, 0.6) is 0 Å². The summed E-state index contributed by atoms with van der Waals surface area (Å²) in [6.45, 7) is 4.95. The number of rotatable bonds is 3. The van der Waals surface area contributed by atoms with E-state index in [-0.39, 0.29) is 29.3 Å². The van der Waals surface area contributed by atoms with Crippen LogP contribution < -0.4 is 5.73 Å². The summed E-state index contributed by atoms with van der Waals surface area (Å²) < 4.78 is 13.3. The molecule has 1 fully saturated rings. The second-order valence-corrected chi connectivity index (χ2v) is 5.63. The zero-order chi connectivity index (χ0) is 13.1. The molecule has 1 aliphatic rings. The van der Waals surface area contributed by atoms with Crippen LogP contribution in [-0.4, -0.2) is 24.0 Å². The summed E-state index contributed by atoms with van der Waals surface area (Å²) in [5.74, 6) is 0.294. The molecular formula is C14H21Cl2FN2. The fourth-order valence-corrected chi connectivity index (χ4v) is 2.65. The molecule has 1 aromatic rings. The number of nitrogens with two attached hydrogens (primary N) is 1. The van der Waals surface area contributed by atoms with E-state index in [1.54, 1.807) is 6.07 Å². The third-order valence-electron chi connectivity index (χ3n) is 3.77. The monoisotopic (exact) mass is 306 g/mol. The average Bonchev–Trinajstić information content (AvgIpc) is 2.34. The van der Waals surface area contributed by atoms with E-state index in [4.69, 9.17) is 17.3 Å². The van der Waals surface area contributed by atoms with Gasteiger partial charge < -0.3 is 5.73 Å². The zero-order valence-corrected chi connectivity index (χ0v) is 12.7. The highest BCUT2D eigenvalue weighted by atomic mass is 35.5. The van der Waals surface area contributed by atoms with Gasteiger partial charge in [0.05, 0.1) is 5.02 Å². The number of likely N-dealkylation sites (tertiary alicyclic amines) is 1. The summed E-state index contributed by atoms with van der Waals surface area (Å²) in [5.41, 5.74) is 6.90. The summed E-state index contributed by atoms with van der Waals surface area (Å²) in [4.78, 5) is 2.35. The van der Waals surface area contributed by atoms with Crippen molar-refractivity contribution in [2.45, 2.75) is 32.4 Å². The number of halogens is 3. The number of benzene rings is 1. The van der Waals surface area contributed by atoms with Crippen LogP contribution in [-0.2, 0) is 6.54 Å². The van der Waals surface area contributed by atoms with Gasteiger partial charge in [0, 0.05) is 12.6 Å². The Morgan fingerprint density at radius 2 is 2.05 bits per heavy atom. The van der Waals surface area contributed by atoms with E-state index in [0.717, 1.165) is 38.0 Å². The van der Waals surface area contributed by atoms with Gasteiger partial charge in [-0.2, -0.15) is 0 Å². The number of hydrogen-bond acceptors (Lipinski definition) is 2. The Bertz CT molecular complexity index is 404. The Labute approximate surface area is 125 Å². The maximum Gasteiger partial charge on any atom is 0.142 e. The highest BCUT2D eigenvalue weighted by Gasteiger charge is 2.21. The molecule has 1 atom stereocenters. The van der Waals surface area contributed by atoms with E-state index in [0.29, 0.717) is 5.92 Å². The summed E-state index contributed by atoms with van der Waals surface area (Å²) >= 11 is 5.67. The van der Waals surface area contributed by atoms with Gasteiger partial charge in [-0.1, -0.05) is 17.7 Å². The standard InChI is InChI=1S/C14H20ClFN2.ClH/c1-10(17)12-4-6-18(7-5-12)9-11-2-3-13(15)14(16)8-11;/h2-3,8,10,12H,4-7,9,17H2,1H3;1H. The van der Waals surface area contributed by atoms with E-state index >= 15 is 0 Å². The van der Waals surface area contributed by atoms with Crippen LogP contribution in [0.1, 0.15) is 25.3 Å². The van der Waals surface area contributed by atoms with Crippen LogP contribution in [0.4, 0.5) is 4.39 Å².